The van der Waals surface area contributed by atoms with Crippen LogP contribution < -0.4 is 5.73 Å². The zero-order valence-electron chi connectivity index (χ0n) is 8.16. The molecule has 2 unspecified atom stereocenters. The number of nitrogens with two attached hydrogens (primary N) is 1. The third kappa shape index (κ3) is 2.90. The zero-order chi connectivity index (χ0) is 10.4. The molecule has 0 saturated carbocycles. The van der Waals surface area contributed by atoms with E-state index < -0.39 is 12.7 Å². The second kappa shape index (κ2) is 5.46. The summed E-state index contributed by atoms with van der Waals surface area (Å²) in [5.74, 6) is 5.91. The fraction of sp³-hybridized carbons (Fsp3) is 0.455. The van der Waals surface area contributed by atoms with Crippen molar-refractivity contribution in [2.75, 3.05) is 6.67 Å². The van der Waals surface area contributed by atoms with Crippen molar-refractivity contribution in [1.82, 2.24) is 0 Å². The van der Waals surface area contributed by atoms with E-state index in [4.69, 9.17) is 10.2 Å². The molecule has 0 aliphatic rings. The first-order valence-corrected chi connectivity index (χ1v) is 4.54. The number of rotatable bonds is 4. The predicted octanol–water partition coefficient (Wildman–Crippen LogP) is 1.76. The standard InChI is InChI=1S/C11H14FNO/c1-2-4-11(13)9(8-12)7-10-5-3-6-14-10/h3,5-6,9,11H,7-8,13H2,1H3. The fourth-order valence-corrected chi connectivity index (χ4v) is 1.25. The maximum Gasteiger partial charge on any atom is 0.104 e. The summed E-state index contributed by atoms with van der Waals surface area (Å²) in [6.45, 7) is 1.22. The van der Waals surface area contributed by atoms with Gasteiger partial charge in [-0.3, -0.25) is 4.39 Å². The van der Waals surface area contributed by atoms with Gasteiger partial charge in [0.25, 0.3) is 0 Å². The van der Waals surface area contributed by atoms with Crippen LogP contribution in [0.5, 0.6) is 0 Å². The summed E-state index contributed by atoms with van der Waals surface area (Å²) in [6.07, 6.45) is 2.07. The van der Waals surface area contributed by atoms with Crippen LogP contribution in [0.4, 0.5) is 4.39 Å². The number of hydrogen-bond acceptors (Lipinski definition) is 2. The highest BCUT2D eigenvalue weighted by atomic mass is 19.1. The SMILES string of the molecule is CC#CC(N)C(CF)Cc1ccco1. The van der Waals surface area contributed by atoms with Crippen molar-refractivity contribution in [2.24, 2.45) is 11.7 Å². The normalized spacial score (nSPS) is 14.2. The molecule has 0 aliphatic heterocycles. The minimum Gasteiger partial charge on any atom is -0.469 e. The first-order valence-electron chi connectivity index (χ1n) is 4.54. The van der Waals surface area contributed by atoms with Crippen molar-refractivity contribution in [1.29, 1.82) is 0 Å². The van der Waals surface area contributed by atoms with Gasteiger partial charge in [0.05, 0.1) is 19.0 Å². The van der Waals surface area contributed by atoms with Gasteiger partial charge in [-0.25, -0.2) is 0 Å². The number of furan rings is 1. The van der Waals surface area contributed by atoms with E-state index in [0.717, 1.165) is 5.76 Å². The van der Waals surface area contributed by atoms with Gasteiger partial charge in [-0.1, -0.05) is 5.92 Å². The molecular weight excluding hydrogens is 181 g/mol. The van der Waals surface area contributed by atoms with Gasteiger partial charge in [-0.05, 0) is 19.1 Å². The van der Waals surface area contributed by atoms with Gasteiger partial charge in [0.15, 0.2) is 0 Å². The Kier molecular flexibility index (Phi) is 4.21. The Hall–Kier alpha value is -1.27. The van der Waals surface area contributed by atoms with Crippen molar-refractivity contribution in [3.05, 3.63) is 24.2 Å². The van der Waals surface area contributed by atoms with Gasteiger partial charge >= 0.3 is 0 Å². The monoisotopic (exact) mass is 195 g/mol. The van der Waals surface area contributed by atoms with Gasteiger partial charge in [-0.15, -0.1) is 5.92 Å². The van der Waals surface area contributed by atoms with Crippen molar-refractivity contribution < 1.29 is 8.81 Å². The van der Waals surface area contributed by atoms with Crippen LogP contribution in [0.1, 0.15) is 12.7 Å². The molecule has 2 N–H and O–H groups in total. The predicted molar refractivity (Wildman–Crippen MR) is 53.3 cm³/mol. The van der Waals surface area contributed by atoms with Gasteiger partial charge in [0, 0.05) is 12.3 Å². The van der Waals surface area contributed by atoms with Gasteiger partial charge in [0.1, 0.15) is 5.76 Å². The van der Waals surface area contributed by atoms with Gasteiger partial charge < -0.3 is 10.2 Å². The third-order valence-corrected chi connectivity index (χ3v) is 2.06. The number of halogens is 1. The van der Waals surface area contributed by atoms with Crippen molar-refractivity contribution in [3.63, 3.8) is 0 Å². The minimum absolute atomic E-state index is 0.284. The smallest absolute Gasteiger partial charge is 0.104 e. The number of alkyl halides is 1. The van der Waals surface area contributed by atoms with Crippen LogP contribution in [-0.2, 0) is 6.42 Å². The first-order chi connectivity index (χ1) is 6.77. The Morgan fingerprint density at radius 2 is 2.43 bits per heavy atom. The van der Waals surface area contributed by atoms with Crippen molar-refractivity contribution in [3.8, 4) is 11.8 Å². The Labute approximate surface area is 83.3 Å². The molecule has 0 saturated heterocycles. The lowest BCUT2D eigenvalue weighted by Crippen LogP contribution is -2.31. The van der Waals surface area contributed by atoms with Gasteiger partial charge in [-0.2, -0.15) is 0 Å². The second-order valence-corrected chi connectivity index (χ2v) is 3.12. The Balaban J connectivity index is 2.57. The van der Waals surface area contributed by atoms with E-state index in [1.165, 1.54) is 0 Å². The second-order valence-electron chi connectivity index (χ2n) is 3.12. The highest BCUT2D eigenvalue weighted by Gasteiger charge is 2.17. The topological polar surface area (TPSA) is 39.2 Å². The lowest BCUT2D eigenvalue weighted by molar-refractivity contribution is 0.321. The molecule has 0 bridgehead atoms. The summed E-state index contributed by atoms with van der Waals surface area (Å²) in [7, 11) is 0. The molecule has 1 heterocycles. The quantitative estimate of drug-likeness (QED) is 0.743. The van der Waals surface area contributed by atoms with Crippen LogP contribution in [0, 0.1) is 17.8 Å². The summed E-state index contributed by atoms with van der Waals surface area (Å²) in [6, 6.07) is 3.17. The fourth-order valence-electron chi connectivity index (χ4n) is 1.25. The van der Waals surface area contributed by atoms with Gasteiger partial charge in [0.2, 0.25) is 0 Å². The highest BCUT2D eigenvalue weighted by Crippen LogP contribution is 2.12. The van der Waals surface area contributed by atoms with Crippen molar-refractivity contribution in [2.45, 2.75) is 19.4 Å². The third-order valence-electron chi connectivity index (χ3n) is 2.06. The van der Waals surface area contributed by atoms with Crippen LogP contribution in [0.15, 0.2) is 22.8 Å². The molecular formula is C11H14FNO. The Bertz CT molecular complexity index is 310. The lowest BCUT2D eigenvalue weighted by atomic mass is 9.97. The molecule has 2 nitrogen and oxygen atoms in total. The molecule has 0 aromatic carbocycles. The summed E-state index contributed by atoms with van der Waals surface area (Å²) in [4.78, 5) is 0. The Morgan fingerprint density at radius 1 is 1.64 bits per heavy atom. The van der Waals surface area contributed by atoms with Crippen LogP contribution in [0.3, 0.4) is 0 Å². The lowest BCUT2D eigenvalue weighted by Gasteiger charge is -2.14. The molecule has 0 amide bonds. The van der Waals surface area contributed by atoms with Crippen molar-refractivity contribution >= 4 is 0 Å². The molecule has 1 aromatic rings. The van der Waals surface area contributed by atoms with E-state index in [1.54, 1.807) is 19.3 Å². The van der Waals surface area contributed by atoms with Crippen LogP contribution in [-0.4, -0.2) is 12.7 Å². The molecule has 0 spiro atoms. The summed E-state index contributed by atoms with van der Waals surface area (Å²) < 4.78 is 17.8. The summed E-state index contributed by atoms with van der Waals surface area (Å²) in [5.41, 5.74) is 5.70. The molecule has 1 rings (SSSR count). The maximum absolute atomic E-state index is 12.6. The summed E-state index contributed by atoms with van der Waals surface area (Å²) >= 11 is 0. The molecule has 76 valence electrons. The largest absolute Gasteiger partial charge is 0.469 e. The van der Waals surface area contributed by atoms with Crippen LogP contribution in [0.25, 0.3) is 0 Å². The first kappa shape index (κ1) is 10.8. The molecule has 14 heavy (non-hydrogen) atoms. The highest BCUT2D eigenvalue weighted by molar-refractivity contribution is 5.09. The van der Waals surface area contributed by atoms with E-state index in [2.05, 4.69) is 11.8 Å². The molecule has 3 heteroatoms. The molecule has 0 fully saturated rings. The molecule has 2 atom stereocenters. The zero-order valence-corrected chi connectivity index (χ0v) is 8.16. The van der Waals surface area contributed by atoms with E-state index >= 15 is 0 Å². The maximum atomic E-state index is 12.6. The van der Waals surface area contributed by atoms with E-state index in [0.29, 0.717) is 6.42 Å². The Morgan fingerprint density at radius 3 is 2.93 bits per heavy atom. The molecule has 1 aromatic heterocycles. The average Bonchev–Trinajstić information content (AvgIpc) is 2.66. The van der Waals surface area contributed by atoms with Crippen LogP contribution in [0.2, 0.25) is 0 Å². The summed E-state index contributed by atoms with van der Waals surface area (Å²) in [5, 5.41) is 0. The minimum atomic E-state index is -0.476. The van der Waals surface area contributed by atoms with E-state index in [9.17, 15) is 4.39 Å². The molecule has 0 radical (unpaired) electrons. The molecule has 0 aliphatic carbocycles. The van der Waals surface area contributed by atoms with E-state index in [1.807, 2.05) is 6.07 Å². The van der Waals surface area contributed by atoms with E-state index in [-0.39, 0.29) is 5.92 Å². The van der Waals surface area contributed by atoms with Crippen LogP contribution >= 0.6 is 0 Å². The number of hydrogen-bond donors (Lipinski definition) is 1. The average molecular weight is 195 g/mol.